The van der Waals surface area contributed by atoms with Crippen LogP contribution in [0.15, 0.2) is 52.9 Å². The quantitative estimate of drug-likeness (QED) is 0.787. The van der Waals surface area contributed by atoms with Crippen LogP contribution in [-0.2, 0) is 16.9 Å². The number of carbonyl (C=O) groups excluding carboxylic acids is 1. The Morgan fingerprint density at radius 2 is 1.89 bits per heavy atom. The van der Waals surface area contributed by atoms with Crippen molar-refractivity contribution in [3.8, 4) is 11.1 Å². The third kappa shape index (κ3) is 4.22. The third-order valence-corrected chi connectivity index (χ3v) is 5.40. The Kier molecular flexibility index (Phi) is 6.08. The van der Waals surface area contributed by atoms with Gasteiger partial charge in [0, 0.05) is 26.2 Å². The van der Waals surface area contributed by atoms with E-state index in [4.69, 9.17) is 0 Å². The van der Waals surface area contributed by atoms with Gasteiger partial charge in [-0.2, -0.15) is 12.8 Å². The molecule has 1 heterocycles. The maximum Gasteiger partial charge on any atom is 0.319 e. The van der Waals surface area contributed by atoms with Gasteiger partial charge in [-0.3, -0.25) is 0 Å². The molecule has 2 atom stereocenters. The SMILES string of the molecule is CN(C)C(=O)N1CC[C@H](N=S(=O)=O)[C@@H]1Cc1cccc(-c2ccccc2)c1F. The Labute approximate surface area is 165 Å². The molecular weight excluding hydrogens is 381 g/mol. The van der Waals surface area contributed by atoms with Gasteiger partial charge in [0.1, 0.15) is 5.82 Å². The number of halogens is 1. The fraction of sp³-hybridized carbons (Fsp3) is 0.350. The van der Waals surface area contributed by atoms with Crippen molar-refractivity contribution >= 4 is 16.5 Å². The first kappa shape index (κ1) is 20.0. The van der Waals surface area contributed by atoms with Gasteiger partial charge in [-0.15, -0.1) is 0 Å². The molecule has 0 unspecified atom stereocenters. The molecule has 1 aliphatic heterocycles. The molecule has 28 heavy (non-hydrogen) atoms. The second-order valence-electron chi connectivity index (χ2n) is 6.97. The van der Waals surface area contributed by atoms with Gasteiger partial charge in [0.15, 0.2) is 0 Å². The first-order chi connectivity index (χ1) is 13.4. The highest BCUT2D eigenvalue weighted by Gasteiger charge is 2.38. The van der Waals surface area contributed by atoms with Crippen LogP contribution in [0, 0.1) is 5.82 Å². The summed E-state index contributed by atoms with van der Waals surface area (Å²) in [5, 5.41) is 0. The zero-order valence-corrected chi connectivity index (χ0v) is 16.6. The summed E-state index contributed by atoms with van der Waals surface area (Å²) in [6.07, 6.45) is 0.621. The molecule has 1 fully saturated rings. The van der Waals surface area contributed by atoms with Crippen LogP contribution >= 0.6 is 0 Å². The standard InChI is InChI=1S/C20H22FN3O3S/c1-23(2)20(25)24-12-11-17(22-28(26)27)18(24)13-15-9-6-10-16(19(15)21)14-7-4-3-5-8-14/h3-10,17-18H,11-13H2,1-2H3/t17-,18-/m0/s1. The molecule has 0 spiro atoms. The zero-order chi connectivity index (χ0) is 20.3. The van der Waals surface area contributed by atoms with E-state index in [-0.39, 0.29) is 18.3 Å². The summed E-state index contributed by atoms with van der Waals surface area (Å²) in [5.74, 6) is -0.361. The first-order valence-corrected chi connectivity index (χ1v) is 10.0. The highest BCUT2D eigenvalue weighted by molar-refractivity contribution is 7.61. The molecule has 0 bridgehead atoms. The van der Waals surface area contributed by atoms with Crippen molar-refractivity contribution in [1.29, 1.82) is 0 Å². The fourth-order valence-electron chi connectivity index (χ4n) is 3.61. The lowest BCUT2D eigenvalue weighted by Gasteiger charge is -2.29. The molecule has 2 amide bonds. The number of hydrogen-bond acceptors (Lipinski definition) is 4. The monoisotopic (exact) mass is 403 g/mol. The van der Waals surface area contributed by atoms with Crippen molar-refractivity contribution in [1.82, 2.24) is 9.80 Å². The molecule has 0 radical (unpaired) electrons. The number of amides is 2. The summed E-state index contributed by atoms with van der Waals surface area (Å²) in [7, 11) is 0.680. The van der Waals surface area contributed by atoms with Crippen LogP contribution in [0.4, 0.5) is 9.18 Å². The molecule has 0 saturated carbocycles. The van der Waals surface area contributed by atoms with Gasteiger partial charge >= 0.3 is 16.5 Å². The number of nitrogens with zero attached hydrogens (tertiary/aromatic N) is 3. The van der Waals surface area contributed by atoms with Gasteiger partial charge in [-0.25, -0.2) is 9.18 Å². The lowest BCUT2D eigenvalue weighted by atomic mass is 9.96. The van der Waals surface area contributed by atoms with Crippen LogP contribution in [-0.4, -0.2) is 57.0 Å². The Bertz CT molecular complexity index is 985. The van der Waals surface area contributed by atoms with E-state index < -0.39 is 22.6 Å². The smallest absolute Gasteiger partial charge is 0.319 e. The molecular formula is C20H22FN3O3S. The summed E-state index contributed by atoms with van der Waals surface area (Å²) in [4.78, 5) is 15.5. The van der Waals surface area contributed by atoms with E-state index in [1.807, 2.05) is 30.3 Å². The Balaban J connectivity index is 1.97. The number of urea groups is 1. The molecule has 0 N–H and O–H groups in total. The number of rotatable bonds is 4. The molecule has 6 nitrogen and oxygen atoms in total. The van der Waals surface area contributed by atoms with E-state index in [1.165, 1.54) is 4.90 Å². The molecule has 148 valence electrons. The van der Waals surface area contributed by atoms with Crippen LogP contribution in [0.3, 0.4) is 0 Å². The minimum absolute atomic E-state index is 0.192. The average molecular weight is 403 g/mol. The van der Waals surface area contributed by atoms with E-state index in [9.17, 15) is 13.2 Å². The van der Waals surface area contributed by atoms with Crippen LogP contribution in [0.1, 0.15) is 12.0 Å². The maximum absolute atomic E-state index is 15.2. The van der Waals surface area contributed by atoms with E-state index in [2.05, 4.69) is 4.36 Å². The highest BCUT2D eigenvalue weighted by Crippen LogP contribution is 2.30. The number of carbonyl (C=O) groups is 1. The molecule has 1 aliphatic rings. The van der Waals surface area contributed by atoms with Crippen molar-refractivity contribution in [3.63, 3.8) is 0 Å². The van der Waals surface area contributed by atoms with Gasteiger partial charge in [0.2, 0.25) is 0 Å². The minimum atomic E-state index is -2.58. The second-order valence-corrected chi connectivity index (χ2v) is 7.61. The summed E-state index contributed by atoms with van der Waals surface area (Å²) in [6.45, 7) is 0.382. The van der Waals surface area contributed by atoms with Gasteiger partial charge in [0.05, 0.1) is 12.1 Å². The van der Waals surface area contributed by atoms with Crippen LogP contribution in [0.5, 0.6) is 0 Å². The van der Waals surface area contributed by atoms with Gasteiger partial charge in [-0.05, 0) is 24.0 Å². The van der Waals surface area contributed by atoms with Crippen molar-refractivity contribution in [2.24, 2.45) is 4.36 Å². The zero-order valence-electron chi connectivity index (χ0n) is 15.7. The lowest BCUT2D eigenvalue weighted by molar-refractivity contribution is 0.163. The maximum atomic E-state index is 15.2. The highest BCUT2D eigenvalue weighted by atomic mass is 32.2. The average Bonchev–Trinajstić information content (AvgIpc) is 3.05. The first-order valence-electron chi connectivity index (χ1n) is 8.99. The molecule has 3 rings (SSSR count). The molecule has 8 heteroatoms. The molecule has 2 aromatic carbocycles. The molecule has 0 aliphatic carbocycles. The second kappa shape index (κ2) is 8.52. The van der Waals surface area contributed by atoms with Gasteiger partial charge in [0.25, 0.3) is 0 Å². The molecule has 1 saturated heterocycles. The lowest BCUT2D eigenvalue weighted by Crippen LogP contribution is -2.45. The van der Waals surface area contributed by atoms with Crippen LogP contribution in [0.2, 0.25) is 0 Å². The summed E-state index contributed by atoms with van der Waals surface area (Å²) in [6, 6.07) is 13.0. The fourth-order valence-corrected chi connectivity index (χ4v) is 4.08. The largest absolute Gasteiger partial charge is 0.331 e. The Hall–Kier alpha value is -2.74. The summed E-state index contributed by atoms with van der Waals surface area (Å²) >= 11 is 0. The van der Waals surface area contributed by atoms with Crippen LogP contribution < -0.4 is 0 Å². The molecule has 0 aromatic heterocycles. The van der Waals surface area contributed by atoms with E-state index in [1.54, 1.807) is 37.2 Å². The van der Waals surface area contributed by atoms with Crippen LogP contribution in [0.25, 0.3) is 11.1 Å². The topological polar surface area (TPSA) is 70.1 Å². The minimum Gasteiger partial charge on any atom is -0.331 e. The third-order valence-electron chi connectivity index (χ3n) is 4.95. The van der Waals surface area contributed by atoms with E-state index in [0.29, 0.717) is 24.1 Å². The van der Waals surface area contributed by atoms with Crippen molar-refractivity contribution in [3.05, 3.63) is 59.9 Å². The Morgan fingerprint density at radius 1 is 1.18 bits per heavy atom. The van der Waals surface area contributed by atoms with E-state index >= 15 is 4.39 Å². The number of benzene rings is 2. The van der Waals surface area contributed by atoms with E-state index in [0.717, 1.165) is 5.56 Å². The predicted octanol–water partition coefficient (Wildman–Crippen LogP) is 3.22. The predicted molar refractivity (Wildman–Crippen MR) is 105 cm³/mol. The Morgan fingerprint density at radius 3 is 2.54 bits per heavy atom. The summed E-state index contributed by atoms with van der Waals surface area (Å²) < 4.78 is 41.2. The molecule has 2 aromatic rings. The van der Waals surface area contributed by atoms with Gasteiger partial charge < -0.3 is 9.80 Å². The van der Waals surface area contributed by atoms with Crippen molar-refractivity contribution in [2.75, 3.05) is 20.6 Å². The normalized spacial score (nSPS) is 18.8. The van der Waals surface area contributed by atoms with Gasteiger partial charge in [-0.1, -0.05) is 48.5 Å². The van der Waals surface area contributed by atoms with Crippen molar-refractivity contribution < 1.29 is 17.6 Å². The summed E-state index contributed by atoms with van der Waals surface area (Å²) in [5.41, 5.74) is 1.67. The number of likely N-dealkylation sites (tertiary alicyclic amines) is 1. The number of hydrogen-bond donors (Lipinski definition) is 0. The van der Waals surface area contributed by atoms with Crippen molar-refractivity contribution in [2.45, 2.75) is 24.9 Å².